The summed E-state index contributed by atoms with van der Waals surface area (Å²) in [6, 6.07) is 9.31. The highest BCUT2D eigenvalue weighted by molar-refractivity contribution is 9.10. The van der Waals surface area contributed by atoms with E-state index in [2.05, 4.69) is 20.7 Å². The standard InChI is InChI=1S/C10H11BrO3/c1-13-10(12)9(11)7-14-8-5-3-2-4-6-8/h2-6,9H,7H2,1H3. The smallest absolute Gasteiger partial charge is 0.322 e. The number of carbonyl (C=O) groups is 1. The Kier molecular flexibility index (Phi) is 4.46. The fourth-order valence-corrected chi connectivity index (χ4v) is 1.20. The van der Waals surface area contributed by atoms with Crippen LogP contribution >= 0.6 is 15.9 Å². The van der Waals surface area contributed by atoms with Gasteiger partial charge in [0.15, 0.2) is 0 Å². The second-order valence-corrected chi connectivity index (χ2v) is 3.72. The molecule has 1 atom stereocenters. The Hall–Kier alpha value is -1.03. The van der Waals surface area contributed by atoms with Gasteiger partial charge in [0.2, 0.25) is 0 Å². The van der Waals surface area contributed by atoms with Crippen molar-refractivity contribution in [3.63, 3.8) is 0 Å². The summed E-state index contributed by atoms with van der Waals surface area (Å²) < 4.78 is 9.88. The summed E-state index contributed by atoms with van der Waals surface area (Å²) in [5.41, 5.74) is 0. The number of alkyl halides is 1. The van der Waals surface area contributed by atoms with Gasteiger partial charge in [-0.25, -0.2) is 0 Å². The van der Waals surface area contributed by atoms with Crippen LogP contribution in [0.1, 0.15) is 0 Å². The molecule has 4 heteroatoms. The van der Waals surface area contributed by atoms with Crippen molar-refractivity contribution < 1.29 is 14.3 Å². The van der Waals surface area contributed by atoms with Gasteiger partial charge < -0.3 is 9.47 Å². The SMILES string of the molecule is COC(=O)C(Br)COc1ccccc1. The fourth-order valence-electron chi connectivity index (χ4n) is 0.882. The summed E-state index contributed by atoms with van der Waals surface area (Å²) in [5, 5.41) is 0. The largest absolute Gasteiger partial charge is 0.492 e. The number of halogens is 1. The third-order valence-corrected chi connectivity index (χ3v) is 2.23. The molecule has 0 fully saturated rings. The van der Waals surface area contributed by atoms with Crippen molar-refractivity contribution in [2.75, 3.05) is 13.7 Å². The average Bonchev–Trinajstić information content (AvgIpc) is 2.26. The number of methoxy groups -OCH3 is 1. The first-order valence-electron chi connectivity index (χ1n) is 4.14. The van der Waals surface area contributed by atoms with E-state index in [1.54, 1.807) is 0 Å². The van der Waals surface area contributed by atoms with Crippen LogP contribution in [0.5, 0.6) is 5.75 Å². The van der Waals surface area contributed by atoms with Gasteiger partial charge in [-0.15, -0.1) is 0 Å². The van der Waals surface area contributed by atoms with Crippen molar-refractivity contribution in [2.24, 2.45) is 0 Å². The number of ether oxygens (including phenoxy) is 2. The number of esters is 1. The first-order valence-corrected chi connectivity index (χ1v) is 5.05. The molecular formula is C10H11BrO3. The minimum Gasteiger partial charge on any atom is -0.492 e. The highest BCUT2D eigenvalue weighted by atomic mass is 79.9. The number of hydrogen-bond acceptors (Lipinski definition) is 3. The zero-order valence-electron chi connectivity index (χ0n) is 7.77. The highest BCUT2D eigenvalue weighted by Crippen LogP contribution is 2.11. The van der Waals surface area contributed by atoms with Gasteiger partial charge in [0.1, 0.15) is 17.2 Å². The lowest BCUT2D eigenvalue weighted by molar-refractivity contribution is -0.140. The second-order valence-electron chi connectivity index (χ2n) is 2.61. The third kappa shape index (κ3) is 3.38. The highest BCUT2D eigenvalue weighted by Gasteiger charge is 2.15. The van der Waals surface area contributed by atoms with Crippen LogP contribution in [0.15, 0.2) is 30.3 Å². The lowest BCUT2D eigenvalue weighted by Crippen LogP contribution is -2.22. The van der Waals surface area contributed by atoms with Crippen LogP contribution in [0.4, 0.5) is 0 Å². The third-order valence-electron chi connectivity index (χ3n) is 1.60. The van der Waals surface area contributed by atoms with Crippen LogP contribution in [0.2, 0.25) is 0 Å². The van der Waals surface area contributed by atoms with Crippen LogP contribution in [-0.4, -0.2) is 24.5 Å². The number of para-hydroxylation sites is 1. The molecule has 0 amide bonds. The van der Waals surface area contributed by atoms with Crippen molar-refractivity contribution in [1.82, 2.24) is 0 Å². The molecule has 0 N–H and O–H groups in total. The minimum absolute atomic E-state index is 0.261. The summed E-state index contributed by atoms with van der Waals surface area (Å²) in [4.78, 5) is 10.6. The minimum atomic E-state index is -0.423. The Morgan fingerprint density at radius 3 is 2.64 bits per heavy atom. The van der Waals surface area contributed by atoms with E-state index in [9.17, 15) is 4.79 Å². The van der Waals surface area contributed by atoms with Gasteiger partial charge in [0, 0.05) is 0 Å². The molecule has 0 aromatic heterocycles. The quantitative estimate of drug-likeness (QED) is 0.612. The monoisotopic (exact) mass is 258 g/mol. The summed E-state index contributed by atoms with van der Waals surface area (Å²) in [7, 11) is 1.35. The maximum atomic E-state index is 11.0. The molecule has 0 heterocycles. The summed E-state index contributed by atoms with van der Waals surface area (Å²) in [5.74, 6) is 0.404. The predicted molar refractivity (Wildman–Crippen MR) is 56.7 cm³/mol. The van der Waals surface area contributed by atoms with E-state index in [0.717, 1.165) is 5.75 Å². The Morgan fingerprint density at radius 1 is 1.43 bits per heavy atom. The zero-order chi connectivity index (χ0) is 10.4. The van der Waals surface area contributed by atoms with Crippen molar-refractivity contribution in [3.8, 4) is 5.75 Å². The molecule has 0 spiro atoms. The van der Waals surface area contributed by atoms with Crippen LogP contribution in [-0.2, 0) is 9.53 Å². The van der Waals surface area contributed by atoms with E-state index < -0.39 is 4.83 Å². The maximum Gasteiger partial charge on any atom is 0.322 e. The summed E-state index contributed by atoms with van der Waals surface area (Å²) in [6.45, 7) is 0.261. The van der Waals surface area contributed by atoms with E-state index in [1.807, 2.05) is 30.3 Å². The van der Waals surface area contributed by atoms with E-state index >= 15 is 0 Å². The lowest BCUT2D eigenvalue weighted by Gasteiger charge is -2.09. The Balaban J connectivity index is 2.38. The molecule has 1 aromatic rings. The van der Waals surface area contributed by atoms with Gasteiger partial charge in [-0.1, -0.05) is 34.1 Å². The van der Waals surface area contributed by atoms with Gasteiger partial charge in [0.25, 0.3) is 0 Å². The van der Waals surface area contributed by atoms with Crippen molar-refractivity contribution in [2.45, 2.75) is 4.83 Å². The number of rotatable bonds is 4. The molecule has 0 aliphatic carbocycles. The molecule has 0 bridgehead atoms. The van der Waals surface area contributed by atoms with Crippen LogP contribution in [0.3, 0.4) is 0 Å². The zero-order valence-corrected chi connectivity index (χ0v) is 9.36. The second kappa shape index (κ2) is 5.65. The first-order chi connectivity index (χ1) is 6.74. The molecule has 76 valence electrons. The molecule has 0 aliphatic heterocycles. The van der Waals surface area contributed by atoms with Gasteiger partial charge in [-0.05, 0) is 12.1 Å². The number of carbonyl (C=O) groups excluding carboxylic acids is 1. The summed E-state index contributed by atoms with van der Waals surface area (Å²) in [6.07, 6.45) is 0. The molecule has 14 heavy (non-hydrogen) atoms. The van der Waals surface area contributed by atoms with Gasteiger partial charge in [0.05, 0.1) is 7.11 Å². The molecule has 0 radical (unpaired) electrons. The molecule has 1 rings (SSSR count). The lowest BCUT2D eigenvalue weighted by atomic mass is 10.3. The molecule has 0 aliphatic rings. The number of benzene rings is 1. The Morgan fingerprint density at radius 2 is 2.07 bits per heavy atom. The van der Waals surface area contributed by atoms with Crippen molar-refractivity contribution in [1.29, 1.82) is 0 Å². The van der Waals surface area contributed by atoms with Crippen LogP contribution in [0.25, 0.3) is 0 Å². The van der Waals surface area contributed by atoms with Gasteiger partial charge >= 0.3 is 5.97 Å². The molecule has 1 unspecified atom stereocenters. The average molecular weight is 259 g/mol. The predicted octanol–water partition coefficient (Wildman–Crippen LogP) is 2.00. The van der Waals surface area contributed by atoms with E-state index in [0.29, 0.717) is 0 Å². The molecule has 0 saturated carbocycles. The molecular weight excluding hydrogens is 248 g/mol. The van der Waals surface area contributed by atoms with E-state index in [-0.39, 0.29) is 12.6 Å². The fraction of sp³-hybridized carbons (Fsp3) is 0.300. The van der Waals surface area contributed by atoms with Crippen molar-refractivity contribution >= 4 is 21.9 Å². The topological polar surface area (TPSA) is 35.5 Å². The first kappa shape index (κ1) is 11.0. The molecule has 0 saturated heterocycles. The van der Waals surface area contributed by atoms with Crippen LogP contribution < -0.4 is 4.74 Å². The molecule has 3 nitrogen and oxygen atoms in total. The van der Waals surface area contributed by atoms with E-state index in [4.69, 9.17) is 4.74 Å². The summed E-state index contributed by atoms with van der Waals surface area (Å²) >= 11 is 3.16. The van der Waals surface area contributed by atoms with Crippen molar-refractivity contribution in [3.05, 3.63) is 30.3 Å². The number of hydrogen-bond donors (Lipinski definition) is 0. The van der Waals surface area contributed by atoms with Crippen LogP contribution in [0, 0.1) is 0 Å². The van der Waals surface area contributed by atoms with Gasteiger partial charge in [-0.3, -0.25) is 4.79 Å². The maximum absolute atomic E-state index is 11.0. The van der Waals surface area contributed by atoms with Gasteiger partial charge in [-0.2, -0.15) is 0 Å². The Labute approximate surface area is 91.1 Å². The normalized spacial score (nSPS) is 11.9. The molecule has 1 aromatic carbocycles. The van der Waals surface area contributed by atoms with E-state index in [1.165, 1.54) is 7.11 Å². The Bertz CT molecular complexity index is 287.